The molecule has 3 rings (SSSR count). The Morgan fingerprint density at radius 1 is 0.870 bits per heavy atom. The number of fused-ring (bicyclic) bond motifs is 3. The van der Waals surface area contributed by atoms with Gasteiger partial charge in [0.05, 0.1) is 0 Å². The fourth-order valence-electron chi connectivity index (χ4n) is 5.08. The summed E-state index contributed by atoms with van der Waals surface area (Å²) < 4.78 is 0. The quantitative estimate of drug-likeness (QED) is 0.379. The van der Waals surface area contributed by atoms with Crippen molar-refractivity contribution in [1.82, 2.24) is 0 Å². The molecule has 128 valence electrons. The third-order valence-corrected chi connectivity index (χ3v) is 6.23. The van der Waals surface area contributed by atoms with Crippen molar-refractivity contribution in [3.63, 3.8) is 0 Å². The van der Waals surface area contributed by atoms with E-state index in [1.165, 1.54) is 89.9 Å². The van der Waals surface area contributed by atoms with Crippen LogP contribution < -0.4 is 0 Å². The molecule has 0 saturated heterocycles. The average molecular weight is 313 g/mol. The number of rotatable bonds is 7. The monoisotopic (exact) mass is 312 g/mol. The summed E-state index contributed by atoms with van der Waals surface area (Å²) in [7, 11) is 0. The Morgan fingerprint density at radius 3 is 2.57 bits per heavy atom. The second kappa shape index (κ2) is 8.36. The molecule has 1 unspecified atom stereocenters. The van der Waals surface area contributed by atoms with Crippen LogP contribution in [0.1, 0.15) is 112 Å². The van der Waals surface area contributed by atoms with Crippen molar-refractivity contribution in [3.05, 3.63) is 33.9 Å². The van der Waals surface area contributed by atoms with Gasteiger partial charge in [-0.3, -0.25) is 0 Å². The molecule has 0 N–H and O–H groups in total. The lowest BCUT2D eigenvalue weighted by Gasteiger charge is -2.21. The van der Waals surface area contributed by atoms with Crippen LogP contribution in [-0.2, 0) is 25.7 Å². The van der Waals surface area contributed by atoms with Gasteiger partial charge in [-0.15, -0.1) is 0 Å². The van der Waals surface area contributed by atoms with Gasteiger partial charge in [0.1, 0.15) is 0 Å². The van der Waals surface area contributed by atoms with Gasteiger partial charge in [-0.05, 0) is 91.5 Å². The summed E-state index contributed by atoms with van der Waals surface area (Å²) >= 11 is 0. The Bertz CT molecular complexity index is 511. The molecule has 0 spiro atoms. The number of hydrogen-bond acceptors (Lipinski definition) is 0. The molecule has 0 aliphatic heterocycles. The van der Waals surface area contributed by atoms with E-state index in [1.54, 1.807) is 16.7 Å². The minimum absolute atomic E-state index is 0.887. The topological polar surface area (TPSA) is 0 Å². The summed E-state index contributed by atoms with van der Waals surface area (Å²) in [6.07, 6.45) is 19.5. The van der Waals surface area contributed by atoms with Crippen molar-refractivity contribution in [2.45, 2.75) is 110 Å². The number of benzene rings is 1. The summed E-state index contributed by atoms with van der Waals surface area (Å²) in [5.41, 5.74) is 8.97. The number of hydrogen-bond donors (Lipinski definition) is 0. The van der Waals surface area contributed by atoms with Crippen LogP contribution in [0.3, 0.4) is 0 Å². The minimum Gasteiger partial charge on any atom is -0.0654 e. The van der Waals surface area contributed by atoms with Crippen LogP contribution in [0.2, 0.25) is 0 Å². The van der Waals surface area contributed by atoms with Crippen LogP contribution in [0.15, 0.2) is 6.07 Å². The predicted octanol–water partition coefficient (Wildman–Crippen LogP) is 6.91. The second-order valence-corrected chi connectivity index (χ2v) is 7.96. The fraction of sp³-hybridized carbons (Fsp3) is 0.739. The standard InChI is InChI=1S/C23H36/c1-3-5-6-8-12-20-17-19-13-9-7-10-14-21(19)23-18(11-4-2)15-16-22(20)23/h17-18H,3-16H2,1-2H3. The molecule has 2 aliphatic rings. The highest BCUT2D eigenvalue weighted by Crippen LogP contribution is 2.43. The van der Waals surface area contributed by atoms with Crippen LogP contribution in [0.25, 0.3) is 0 Å². The molecule has 23 heavy (non-hydrogen) atoms. The highest BCUT2D eigenvalue weighted by molar-refractivity contribution is 5.51. The molecule has 2 aliphatic carbocycles. The molecular formula is C23H36. The molecule has 1 aromatic carbocycles. The van der Waals surface area contributed by atoms with Gasteiger partial charge in [0.15, 0.2) is 0 Å². The molecule has 1 aromatic rings. The van der Waals surface area contributed by atoms with Gasteiger partial charge in [-0.25, -0.2) is 0 Å². The Hall–Kier alpha value is -0.780. The van der Waals surface area contributed by atoms with Gasteiger partial charge in [0, 0.05) is 0 Å². The van der Waals surface area contributed by atoms with E-state index in [4.69, 9.17) is 0 Å². The molecule has 1 atom stereocenters. The van der Waals surface area contributed by atoms with Gasteiger partial charge in [-0.2, -0.15) is 0 Å². The third kappa shape index (κ3) is 3.83. The van der Waals surface area contributed by atoms with Gasteiger partial charge in [0.25, 0.3) is 0 Å². The summed E-state index contributed by atoms with van der Waals surface area (Å²) in [5, 5.41) is 0. The van der Waals surface area contributed by atoms with Gasteiger partial charge in [-0.1, -0.05) is 52.0 Å². The maximum Gasteiger partial charge on any atom is -0.0153 e. The summed E-state index contributed by atoms with van der Waals surface area (Å²) in [6.45, 7) is 4.68. The van der Waals surface area contributed by atoms with Crippen molar-refractivity contribution in [3.8, 4) is 0 Å². The lowest BCUT2D eigenvalue weighted by atomic mass is 9.84. The zero-order valence-corrected chi connectivity index (χ0v) is 15.6. The molecule has 0 saturated carbocycles. The molecule has 0 bridgehead atoms. The van der Waals surface area contributed by atoms with E-state index >= 15 is 0 Å². The van der Waals surface area contributed by atoms with Crippen molar-refractivity contribution in [2.24, 2.45) is 0 Å². The first-order valence-corrected chi connectivity index (χ1v) is 10.5. The van der Waals surface area contributed by atoms with Crippen LogP contribution in [0.5, 0.6) is 0 Å². The Kier molecular flexibility index (Phi) is 6.20. The van der Waals surface area contributed by atoms with E-state index in [1.807, 2.05) is 11.1 Å². The van der Waals surface area contributed by atoms with Crippen LogP contribution in [-0.4, -0.2) is 0 Å². The highest BCUT2D eigenvalue weighted by Gasteiger charge is 2.29. The average Bonchev–Trinajstić information content (AvgIpc) is 2.83. The summed E-state index contributed by atoms with van der Waals surface area (Å²) in [6, 6.07) is 2.65. The molecule has 0 heterocycles. The smallest absolute Gasteiger partial charge is 0.0153 e. The SMILES string of the molecule is CCCCCCc1cc2c(c3c1CCC3CCC)CCCCC2. The maximum absolute atomic E-state index is 2.65. The maximum atomic E-state index is 2.65. The van der Waals surface area contributed by atoms with E-state index in [9.17, 15) is 0 Å². The Labute approximate surface area is 144 Å². The normalized spacial score (nSPS) is 20.2. The Morgan fingerprint density at radius 2 is 1.74 bits per heavy atom. The van der Waals surface area contributed by atoms with Crippen LogP contribution in [0.4, 0.5) is 0 Å². The zero-order chi connectivity index (χ0) is 16.1. The fourth-order valence-corrected chi connectivity index (χ4v) is 5.08. The molecule has 0 heteroatoms. The van der Waals surface area contributed by atoms with Gasteiger partial charge >= 0.3 is 0 Å². The summed E-state index contributed by atoms with van der Waals surface area (Å²) in [5.74, 6) is 0.887. The largest absolute Gasteiger partial charge is 0.0654 e. The van der Waals surface area contributed by atoms with Crippen molar-refractivity contribution in [2.75, 3.05) is 0 Å². The first-order chi connectivity index (χ1) is 11.3. The second-order valence-electron chi connectivity index (χ2n) is 7.96. The van der Waals surface area contributed by atoms with E-state index in [0.29, 0.717) is 0 Å². The number of aryl methyl sites for hydroxylation is 2. The van der Waals surface area contributed by atoms with Crippen molar-refractivity contribution in [1.29, 1.82) is 0 Å². The van der Waals surface area contributed by atoms with E-state index in [-0.39, 0.29) is 0 Å². The Balaban J connectivity index is 1.90. The van der Waals surface area contributed by atoms with E-state index in [2.05, 4.69) is 19.9 Å². The highest BCUT2D eigenvalue weighted by atomic mass is 14.3. The van der Waals surface area contributed by atoms with Gasteiger partial charge in [0.2, 0.25) is 0 Å². The molecule has 0 nitrogen and oxygen atoms in total. The number of unbranched alkanes of at least 4 members (excludes halogenated alkanes) is 3. The summed E-state index contributed by atoms with van der Waals surface area (Å²) in [4.78, 5) is 0. The predicted molar refractivity (Wildman–Crippen MR) is 102 cm³/mol. The van der Waals surface area contributed by atoms with Gasteiger partial charge < -0.3 is 0 Å². The molecule has 0 aromatic heterocycles. The third-order valence-electron chi connectivity index (χ3n) is 6.23. The first-order valence-electron chi connectivity index (χ1n) is 10.5. The molecule has 0 fully saturated rings. The first kappa shape index (κ1) is 17.1. The minimum atomic E-state index is 0.887. The van der Waals surface area contributed by atoms with Crippen molar-refractivity contribution < 1.29 is 0 Å². The van der Waals surface area contributed by atoms with Crippen LogP contribution in [0, 0.1) is 0 Å². The molecule has 0 amide bonds. The van der Waals surface area contributed by atoms with E-state index < -0.39 is 0 Å². The lowest BCUT2D eigenvalue weighted by Crippen LogP contribution is -2.06. The van der Waals surface area contributed by atoms with Crippen LogP contribution >= 0.6 is 0 Å². The van der Waals surface area contributed by atoms with Crippen molar-refractivity contribution >= 4 is 0 Å². The van der Waals surface area contributed by atoms with E-state index in [0.717, 1.165) is 5.92 Å². The molecule has 0 radical (unpaired) electrons. The zero-order valence-electron chi connectivity index (χ0n) is 15.6. The molecular weight excluding hydrogens is 276 g/mol. The lowest BCUT2D eigenvalue weighted by molar-refractivity contribution is 0.602.